The number of piperidine rings is 1. The molecule has 1 fully saturated rings. The molecule has 51 heavy (non-hydrogen) atoms. The number of carboxylic acids is 1. The molecule has 12 nitrogen and oxygen atoms in total. The summed E-state index contributed by atoms with van der Waals surface area (Å²) < 4.78 is 39.2. The third-order valence-electron chi connectivity index (χ3n) is 9.02. The number of likely N-dealkylation sites (tertiary alicyclic amines) is 1. The molecule has 0 saturated carbocycles. The van der Waals surface area contributed by atoms with Crippen molar-refractivity contribution < 1.29 is 52.6 Å². The molecule has 3 aromatic carbocycles. The van der Waals surface area contributed by atoms with Gasteiger partial charge in [-0.25, -0.2) is 9.59 Å². The fourth-order valence-corrected chi connectivity index (χ4v) is 6.46. The summed E-state index contributed by atoms with van der Waals surface area (Å²) in [6.07, 6.45) is 3.46. The summed E-state index contributed by atoms with van der Waals surface area (Å²) in [7, 11) is 7.73. The number of rotatable bonds is 18. The molecule has 1 amide bonds. The van der Waals surface area contributed by atoms with Gasteiger partial charge in [0.05, 0.1) is 41.5 Å². The second kappa shape index (κ2) is 18.7. The summed E-state index contributed by atoms with van der Waals surface area (Å²) in [5, 5.41) is 9.13. The van der Waals surface area contributed by atoms with Crippen molar-refractivity contribution in [1.29, 1.82) is 0 Å². The largest absolute Gasteiger partial charge is 0.493 e. The molecule has 0 radical (unpaired) electrons. The Bertz CT molecular complexity index is 1620. The van der Waals surface area contributed by atoms with Gasteiger partial charge >= 0.3 is 11.9 Å². The number of hydrogen-bond acceptors (Lipinski definition) is 10. The molecule has 3 aromatic rings. The average Bonchev–Trinajstić information content (AvgIpc) is 3.16. The Morgan fingerprint density at radius 1 is 0.804 bits per heavy atom. The minimum Gasteiger partial charge on any atom is -0.493 e. The van der Waals surface area contributed by atoms with Gasteiger partial charge in [-0.3, -0.25) is 4.79 Å². The topological polar surface area (TPSA) is 139 Å². The predicted octanol–water partition coefficient (Wildman–Crippen LogP) is 6.38. The minimum atomic E-state index is -1.10. The number of benzene rings is 3. The normalized spacial score (nSPS) is 15.3. The van der Waals surface area contributed by atoms with Crippen molar-refractivity contribution in [3.63, 3.8) is 0 Å². The molecule has 3 atom stereocenters. The van der Waals surface area contributed by atoms with E-state index >= 15 is 0 Å². The SMILES string of the molecule is CCC[C@@H](C(=O)N1CCCC[C@H]1C(=O)O[C@H](CCc1ccc(OC)c(OC)c1)c1cccc(OCC(=O)O)c1)c1cc(OC)c(OC)c(OC)c1. The van der Waals surface area contributed by atoms with Crippen molar-refractivity contribution in [3.8, 4) is 34.5 Å². The van der Waals surface area contributed by atoms with Crippen LogP contribution >= 0.6 is 0 Å². The molecule has 0 bridgehead atoms. The highest BCUT2D eigenvalue weighted by molar-refractivity contribution is 5.89. The van der Waals surface area contributed by atoms with E-state index in [0.717, 1.165) is 24.8 Å². The van der Waals surface area contributed by atoms with E-state index in [1.807, 2.05) is 31.2 Å². The van der Waals surface area contributed by atoms with Crippen LogP contribution in [-0.2, 0) is 25.5 Å². The van der Waals surface area contributed by atoms with Crippen LogP contribution in [0.2, 0.25) is 0 Å². The Kier molecular flexibility index (Phi) is 14.2. The number of aliphatic carboxylic acids is 1. The first-order valence-electron chi connectivity index (χ1n) is 17.1. The Balaban J connectivity index is 1.63. The van der Waals surface area contributed by atoms with Crippen molar-refractivity contribution in [1.82, 2.24) is 4.90 Å². The lowest BCUT2D eigenvalue weighted by Crippen LogP contribution is -2.50. The zero-order chi connectivity index (χ0) is 36.9. The van der Waals surface area contributed by atoms with Gasteiger partial charge in [-0.1, -0.05) is 31.5 Å². The molecule has 1 N–H and O–H groups in total. The summed E-state index contributed by atoms with van der Waals surface area (Å²) in [6, 6.07) is 15.3. The molecule has 4 rings (SSSR count). The summed E-state index contributed by atoms with van der Waals surface area (Å²) in [6.45, 7) is 1.92. The van der Waals surface area contributed by atoms with E-state index in [9.17, 15) is 14.4 Å². The molecule has 12 heteroatoms. The Hall–Kier alpha value is -5.13. The second-order valence-corrected chi connectivity index (χ2v) is 12.3. The lowest BCUT2D eigenvalue weighted by Gasteiger charge is -2.37. The quantitative estimate of drug-likeness (QED) is 0.148. The van der Waals surface area contributed by atoms with Crippen molar-refractivity contribution in [3.05, 3.63) is 71.3 Å². The van der Waals surface area contributed by atoms with E-state index in [0.29, 0.717) is 77.9 Å². The van der Waals surface area contributed by atoms with Crippen LogP contribution < -0.4 is 28.4 Å². The maximum Gasteiger partial charge on any atom is 0.341 e. The first-order chi connectivity index (χ1) is 24.7. The second-order valence-electron chi connectivity index (χ2n) is 12.3. The number of carbonyl (C=O) groups is 3. The van der Waals surface area contributed by atoms with E-state index in [-0.39, 0.29) is 5.91 Å². The Morgan fingerprint density at radius 3 is 2.14 bits per heavy atom. The number of methoxy groups -OCH3 is 5. The lowest BCUT2D eigenvalue weighted by molar-refractivity contribution is -0.162. The van der Waals surface area contributed by atoms with E-state index in [1.165, 1.54) is 21.3 Å². The zero-order valence-corrected chi connectivity index (χ0v) is 30.3. The number of carboxylic acid groups (broad SMARTS) is 1. The first-order valence-corrected chi connectivity index (χ1v) is 17.1. The van der Waals surface area contributed by atoms with Crippen LogP contribution in [0, 0.1) is 0 Å². The number of carbonyl (C=O) groups excluding carboxylic acids is 2. The number of amides is 1. The molecule has 0 aromatic heterocycles. The molecular weight excluding hydrogens is 658 g/mol. The van der Waals surface area contributed by atoms with E-state index in [1.54, 1.807) is 49.5 Å². The van der Waals surface area contributed by atoms with Gasteiger partial charge in [0.1, 0.15) is 17.9 Å². The molecular formula is C39H49NO11. The summed E-state index contributed by atoms with van der Waals surface area (Å²) in [4.78, 5) is 41.4. The smallest absolute Gasteiger partial charge is 0.341 e. The third kappa shape index (κ3) is 9.77. The van der Waals surface area contributed by atoms with Crippen LogP contribution in [0.15, 0.2) is 54.6 Å². The number of nitrogens with zero attached hydrogens (tertiary/aromatic N) is 1. The minimum absolute atomic E-state index is 0.168. The highest BCUT2D eigenvalue weighted by Crippen LogP contribution is 2.42. The van der Waals surface area contributed by atoms with Crippen molar-refractivity contribution in [2.45, 2.75) is 69.9 Å². The highest BCUT2D eigenvalue weighted by Gasteiger charge is 2.38. The first kappa shape index (κ1) is 38.7. The average molecular weight is 708 g/mol. The molecule has 0 unspecified atom stereocenters. The maximum atomic E-state index is 14.4. The van der Waals surface area contributed by atoms with Crippen LogP contribution in [0.3, 0.4) is 0 Å². The Morgan fingerprint density at radius 2 is 1.51 bits per heavy atom. The summed E-state index contributed by atoms with van der Waals surface area (Å²) in [5.74, 6) is 0.514. The summed E-state index contributed by atoms with van der Waals surface area (Å²) in [5.41, 5.74) is 2.29. The molecule has 0 spiro atoms. The molecule has 276 valence electrons. The predicted molar refractivity (Wildman–Crippen MR) is 189 cm³/mol. The molecule has 1 aliphatic heterocycles. The van der Waals surface area contributed by atoms with Gasteiger partial charge in [0, 0.05) is 6.54 Å². The number of hydrogen-bond donors (Lipinski definition) is 1. The van der Waals surface area contributed by atoms with Crippen LogP contribution in [0.25, 0.3) is 0 Å². The van der Waals surface area contributed by atoms with Gasteiger partial charge in [-0.05, 0) is 91.6 Å². The van der Waals surface area contributed by atoms with Crippen LogP contribution in [0.5, 0.6) is 34.5 Å². The van der Waals surface area contributed by atoms with Crippen LogP contribution in [0.4, 0.5) is 0 Å². The monoisotopic (exact) mass is 707 g/mol. The molecule has 1 heterocycles. The van der Waals surface area contributed by atoms with E-state index in [4.69, 9.17) is 38.3 Å². The number of esters is 1. The van der Waals surface area contributed by atoms with Gasteiger partial charge in [0.2, 0.25) is 11.7 Å². The van der Waals surface area contributed by atoms with Gasteiger partial charge < -0.3 is 43.2 Å². The third-order valence-corrected chi connectivity index (χ3v) is 9.02. The standard InChI is InChI=1S/C39H49NO11/c1-7-11-29(27-22-34(47-4)37(49-6)35(23-27)48-5)38(43)40-19-9-8-14-30(40)39(44)51-31(26-12-10-13-28(21-26)50-24-36(41)42)17-15-25-16-18-32(45-2)33(20-25)46-3/h10,12-13,16,18,20-23,29-31H,7-9,11,14-15,17,19,24H2,1-6H3,(H,41,42)/t29-,30+,31-/m1/s1. The van der Waals surface area contributed by atoms with Crippen LogP contribution in [0.1, 0.15) is 74.2 Å². The fourth-order valence-electron chi connectivity index (χ4n) is 6.46. The van der Waals surface area contributed by atoms with Gasteiger partial charge in [-0.15, -0.1) is 0 Å². The van der Waals surface area contributed by atoms with E-state index < -0.39 is 36.6 Å². The van der Waals surface area contributed by atoms with Gasteiger partial charge in [0.15, 0.2) is 29.6 Å². The van der Waals surface area contributed by atoms with Gasteiger partial charge in [0.25, 0.3) is 0 Å². The maximum absolute atomic E-state index is 14.4. The van der Waals surface area contributed by atoms with E-state index in [2.05, 4.69) is 0 Å². The lowest BCUT2D eigenvalue weighted by atomic mass is 9.90. The van der Waals surface area contributed by atoms with Crippen molar-refractivity contribution in [2.75, 3.05) is 48.7 Å². The molecule has 0 aliphatic carbocycles. The number of aryl methyl sites for hydroxylation is 1. The van der Waals surface area contributed by atoms with Crippen molar-refractivity contribution in [2.24, 2.45) is 0 Å². The fraction of sp³-hybridized carbons (Fsp3) is 0.462. The zero-order valence-electron chi connectivity index (χ0n) is 30.3. The molecule has 1 saturated heterocycles. The van der Waals surface area contributed by atoms with Crippen LogP contribution in [-0.4, -0.2) is 82.6 Å². The summed E-state index contributed by atoms with van der Waals surface area (Å²) >= 11 is 0. The molecule has 1 aliphatic rings. The van der Waals surface area contributed by atoms with Crippen molar-refractivity contribution >= 4 is 17.8 Å². The van der Waals surface area contributed by atoms with Gasteiger partial charge in [-0.2, -0.15) is 0 Å². The Labute approximate surface area is 299 Å². The highest BCUT2D eigenvalue weighted by atomic mass is 16.5. The number of ether oxygens (including phenoxy) is 7.